The lowest BCUT2D eigenvalue weighted by atomic mass is 9.71. The van der Waals surface area contributed by atoms with Gasteiger partial charge < -0.3 is 14.4 Å². The largest absolute Gasteiger partial charge is 0.382 e. The first-order valence-corrected chi connectivity index (χ1v) is 19.8. The maximum Gasteiger partial charge on any atom is 0.294 e. The first-order valence-electron chi connectivity index (χ1n) is 15.3. The minimum absolute atomic E-state index is 0.0367. The van der Waals surface area contributed by atoms with Gasteiger partial charge in [-0.1, -0.05) is 31.7 Å². The summed E-state index contributed by atoms with van der Waals surface area (Å²) in [4.78, 5) is 1.49. The van der Waals surface area contributed by atoms with Crippen molar-refractivity contribution in [3.8, 4) is 0 Å². The molecule has 3 N–H and O–H groups in total. The number of hydrogen-bond acceptors (Lipinski definition) is 9. The molecule has 0 saturated carbocycles. The van der Waals surface area contributed by atoms with E-state index in [1.54, 1.807) is 45.2 Å². The Morgan fingerprint density at radius 1 is 0.979 bits per heavy atom. The summed E-state index contributed by atoms with van der Waals surface area (Å²) < 4.78 is 111. The number of likely N-dealkylation sites (N-methyl/N-ethyl adjacent to an activating group) is 1. The average molecular weight is 728 g/mol. The van der Waals surface area contributed by atoms with E-state index < -0.39 is 46.9 Å². The lowest BCUT2D eigenvalue weighted by Crippen LogP contribution is -2.30. The van der Waals surface area contributed by atoms with E-state index >= 15 is 0 Å². The molecule has 0 amide bonds. The number of benzene rings is 2. The fraction of sp³-hybridized carbons (Fsp3) is 0.455. The Morgan fingerprint density at radius 3 is 2.19 bits per heavy atom. The minimum Gasteiger partial charge on any atom is -0.382 e. The summed E-state index contributed by atoms with van der Waals surface area (Å²) in [6.07, 6.45) is 6.04. The molecule has 1 heterocycles. The molecule has 2 aromatic carbocycles. The van der Waals surface area contributed by atoms with Crippen LogP contribution in [0.3, 0.4) is 0 Å². The topological polar surface area (TPSA) is 185 Å². The van der Waals surface area contributed by atoms with Gasteiger partial charge in [0.05, 0.1) is 28.8 Å². The van der Waals surface area contributed by atoms with Crippen LogP contribution in [0.15, 0.2) is 82.3 Å². The van der Waals surface area contributed by atoms with E-state index in [0.29, 0.717) is 55.0 Å². The molecular formula is C33H45NO11S3. The molecule has 1 aliphatic rings. The molecule has 0 aromatic heterocycles. The highest BCUT2D eigenvalue weighted by Gasteiger charge is 2.43. The van der Waals surface area contributed by atoms with Gasteiger partial charge in [0.2, 0.25) is 0 Å². The minimum atomic E-state index is -4.54. The summed E-state index contributed by atoms with van der Waals surface area (Å²) >= 11 is 0. The molecular weight excluding hydrogens is 683 g/mol. The quantitative estimate of drug-likeness (QED) is 0.109. The van der Waals surface area contributed by atoms with Crippen molar-refractivity contribution in [2.75, 3.05) is 44.1 Å². The predicted octanol–water partition coefficient (Wildman–Crippen LogP) is 5.26. The number of ether oxygens (including phenoxy) is 2. The Kier molecular flexibility index (Phi) is 12.6. The van der Waals surface area contributed by atoms with Crippen LogP contribution in [0.5, 0.6) is 0 Å². The lowest BCUT2D eigenvalue weighted by molar-refractivity contribution is 0.0640. The van der Waals surface area contributed by atoms with Crippen molar-refractivity contribution in [2.24, 2.45) is 0 Å². The second-order valence-electron chi connectivity index (χ2n) is 12.2. The van der Waals surface area contributed by atoms with Gasteiger partial charge in [-0.2, -0.15) is 25.3 Å². The summed E-state index contributed by atoms with van der Waals surface area (Å²) in [6, 6.07) is 8.66. The van der Waals surface area contributed by atoms with Gasteiger partial charge in [-0.05, 0) is 98.7 Å². The lowest BCUT2D eigenvalue weighted by Gasteiger charge is -2.33. The number of fused-ring (bicyclic) bond motifs is 1. The molecule has 266 valence electrons. The van der Waals surface area contributed by atoms with E-state index in [0.717, 1.165) is 11.4 Å². The summed E-state index contributed by atoms with van der Waals surface area (Å²) in [5, 5.41) is 0. The predicted molar refractivity (Wildman–Crippen MR) is 184 cm³/mol. The van der Waals surface area contributed by atoms with Crippen LogP contribution in [0, 0.1) is 6.92 Å². The van der Waals surface area contributed by atoms with Gasteiger partial charge in [-0.15, -0.1) is 0 Å². The number of anilines is 1. The highest BCUT2D eigenvalue weighted by Crippen LogP contribution is 2.50. The molecule has 0 bridgehead atoms. The van der Waals surface area contributed by atoms with Gasteiger partial charge in [0.1, 0.15) is 0 Å². The Labute approximate surface area is 284 Å². The van der Waals surface area contributed by atoms with Gasteiger partial charge >= 0.3 is 0 Å². The highest BCUT2D eigenvalue weighted by atomic mass is 32.2. The number of nitrogens with zero attached hydrogens (tertiary/aromatic N) is 1. The van der Waals surface area contributed by atoms with Crippen molar-refractivity contribution < 1.29 is 48.4 Å². The van der Waals surface area contributed by atoms with Crippen molar-refractivity contribution >= 4 is 36.0 Å². The third kappa shape index (κ3) is 9.21. The average Bonchev–Trinajstić information content (AvgIpc) is 3.21. The number of aryl methyl sites for hydroxylation is 1. The zero-order chi connectivity index (χ0) is 36.1. The molecule has 0 spiro atoms. The van der Waals surface area contributed by atoms with Crippen LogP contribution in [0.4, 0.5) is 5.69 Å². The molecule has 12 nitrogen and oxygen atoms in total. The zero-order valence-corrected chi connectivity index (χ0v) is 30.3. The van der Waals surface area contributed by atoms with Crippen LogP contribution in [0.25, 0.3) is 0 Å². The molecule has 2 aromatic rings. The summed E-state index contributed by atoms with van der Waals surface area (Å²) in [5.74, 6) is -0.513. The van der Waals surface area contributed by atoms with Crippen LogP contribution in [0.2, 0.25) is 0 Å². The van der Waals surface area contributed by atoms with Crippen LogP contribution >= 0.6 is 0 Å². The summed E-state index contributed by atoms with van der Waals surface area (Å²) in [5.41, 5.74) is 2.22. The first-order chi connectivity index (χ1) is 22.2. The summed E-state index contributed by atoms with van der Waals surface area (Å²) in [7, 11) is -11.7. The molecule has 0 radical (unpaired) electrons. The van der Waals surface area contributed by atoms with Crippen LogP contribution in [-0.2, 0) is 50.7 Å². The van der Waals surface area contributed by atoms with Gasteiger partial charge in [-0.3, -0.25) is 13.7 Å². The Balaban J connectivity index is 2.11. The highest BCUT2D eigenvalue weighted by molar-refractivity contribution is 7.86. The van der Waals surface area contributed by atoms with Crippen molar-refractivity contribution in [2.45, 2.75) is 67.6 Å². The standard InChI is InChI=1S/C33H45NO11S3/c1-7-34-30-15-14-27(48(41,42)43)23-29(30)33(5,17-18-45-20-19-44-6)31(34)11-8-10-25(3)32(4,16-9-21-46(35,36)37)28-22-26(47(38,39)40)13-12-24(28)2/h8,10-15,22-23H,3,7,9,16-21H2,1-2,4-6H3,(H,35,36,37)(H,38,39,40)(H,41,42,43)/b10-8+,31-11+. The van der Waals surface area contributed by atoms with Crippen molar-refractivity contribution in [1.82, 2.24) is 0 Å². The molecule has 2 atom stereocenters. The second-order valence-corrected chi connectivity index (χ2v) is 16.6. The Hall–Kier alpha value is -2.89. The normalized spacial score (nSPS) is 19.2. The van der Waals surface area contributed by atoms with Crippen molar-refractivity contribution in [3.05, 3.63) is 89.2 Å². The van der Waals surface area contributed by atoms with Crippen LogP contribution in [-0.4, -0.2) is 78.1 Å². The molecule has 1 aliphatic heterocycles. The third-order valence-electron chi connectivity index (χ3n) is 8.94. The number of allylic oxidation sites excluding steroid dienone is 5. The van der Waals surface area contributed by atoms with E-state index in [2.05, 4.69) is 6.58 Å². The molecule has 2 unspecified atom stereocenters. The second kappa shape index (κ2) is 15.3. The van der Waals surface area contributed by atoms with E-state index in [9.17, 15) is 38.9 Å². The molecule has 48 heavy (non-hydrogen) atoms. The van der Waals surface area contributed by atoms with Crippen molar-refractivity contribution in [3.63, 3.8) is 0 Å². The van der Waals surface area contributed by atoms with Gasteiger partial charge in [0.15, 0.2) is 0 Å². The fourth-order valence-electron chi connectivity index (χ4n) is 6.19. The van der Waals surface area contributed by atoms with Gasteiger partial charge in [-0.25, -0.2) is 0 Å². The molecule has 15 heteroatoms. The SMILES string of the molecule is C=C(/C=C/C=C1/N(CC)c2ccc(S(=O)(=O)O)cc2C1(C)CCOCCOC)C(C)(CCCS(=O)(=O)O)c1cc(S(=O)(=O)O)ccc1C. The van der Waals surface area contributed by atoms with E-state index in [-0.39, 0.29) is 22.6 Å². The molecule has 0 fully saturated rings. The Morgan fingerprint density at radius 2 is 1.60 bits per heavy atom. The van der Waals surface area contributed by atoms with E-state index in [1.807, 2.05) is 24.8 Å². The first kappa shape index (κ1) is 39.5. The third-order valence-corrected chi connectivity index (χ3v) is 11.4. The zero-order valence-electron chi connectivity index (χ0n) is 27.8. The monoisotopic (exact) mass is 727 g/mol. The fourth-order valence-corrected chi connectivity index (χ4v) is 7.71. The van der Waals surface area contributed by atoms with E-state index in [1.165, 1.54) is 24.3 Å². The van der Waals surface area contributed by atoms with Crippen LogP contribution in [0.1, 0.15) is 56.7 Å². The number of hydrogen-bond donors (Lipinski definition) is 3. The molecule has 0 aliphatic carbocycles. The maximum absolute atomic E-state index is 12.1. The van der Waals surface area contributed by atoms with Crippen LogP contribution < -0.4 is 4.90 Å². The Bertz CT molecular complexity index is 1900. The summed E-state index contributed by atoms with van der Waals surface area (Å²) in [6.45, 7) is 13.4. The number of methoxy groups -OCH3 is 1. The number of rotatable bonds is 17. The molecule has 0 saturated heterocycles. The van der Waals surface area contributed by atoms with Gasteiger partial charge in [0.25, 0.3) is 30.4 Å². The van der Waals surface area contributed by atoms with Gasteiger partial charge in [0, 0.05) is 42.5 Å². The van der Waals surface area contributed by atoms with Crippen molar-refractivity contribution in [1.29, 1.82) is 0 Å². The van der Waals surface area contributed by atoms with E-state index in [4.69, 9.17) is 9.47 Å². The molecule has 3 rings (SSSR count). The maximum atomic E-state index is 12.1. The smallest absolute Gasteiger partial charge is 0.294 e.